The van der Waals surface area contributed by atoms with Gasteiger partial charge >= 0.3 is 0 Å². The van der Waals surface area contributed by atoms with E-state index in [0.29, 0.717) is 24.0 Å². The second-order valence-electron chi connectivity index (χ2n) is 9.41. The van der Waals surface area contributed by atoms with E-state index in [1.54, 1.807) is 35.5 Å². The number of hydroxylamine groups is 1. The SMILES string of the molecule is CCCCC(NC(=O)/C(=C\c1ccc(SC)cc1)c1ccc(F)cc1)C(=O)NC(Cc1ccc(O)cc1)C(=O)NO. The summed E-state index contributed by atoms with van der Waals surface area (Å²) < 4.78 is 13.7. The number of hydrogen-bond donors (Lipinski definition) is 5. The zero-order valence-corrected chi connectivity index (χ0v) is 23.7. The highest BCUT2D eigenvalue weighted by Crippen LogP contribution is 2.22. The van der Waals surface area contributed by atoms with Crippen LogP contribution in [0.1, 0.15) is 42.9 Å². The third-order valence-corrected chi connectivity index (χ3v) is 7.16. The number of phenolic OH excluding ortho intramolecular Hbond substituents is 1. The highest BCUT2D eigenvalue weighted by Gasteiger charge is 2.28. The maximum Gasteiger partial charge on any atom is 0.266 e. The first-order valence-electron chi connectivity index (χ1n) is 13.2. The van der Waals surface area contributed by atoms with Gasteiger partial charge in [0.05, 0.1) is 0 Å². The van der Waals surface area contributed by atoms with Crippen LogP contribution in [0, 0.1) is 5.82 Å². The molecule has 2 atom stereocenters. The van der Waals surface area contributed by atoms with Crippen LogP contribution in [-0.2, 0) is 20.8 Å². The summed E-state index contributed by atoms with van der Waals surface area (Å²) in [4.78, 5) is 40.5. The molecule has 3 amide bonds. The van der Waals surface area contributed by atoms with Crippen molar-refractivity contribution in [2.24, 2.45) is 0 Å². The summed E-state index contributed by atoms with van der Waals surface area (Å²) in [6.45, 7) is 1.95. The lowest BCUT2D eigenvalue weighted by Crippen LogP contribution is -2.54. The van der Waals surface area contributed by atoms with Crippen molar-refractivity contribution < 1.29 is 29.1 Å². The lowest BCUT2D eigenvalue weighted by atomic mass is 10.00. The second kappa shape index (κ2) is 15.6. The Labute approximate surface area is 243 Å². The van der Waals surface area contributed by atoms with E-state index in [1.807, 2.05) is 37.4 Å². The molecule has 0 bridgehead atoms. The Morgan fingerprint density at radius 2 is 1.56 bits per heavy atom. The van der Waals surface area contributed by atoms with Gasteiger partial charge in [0, 0.05) is 16.9 Å². The Morgan fingerprint density at radius 1 is 0.902 bits per heavy atom. The molecule has 0 saturated carbocycles. The van der Waals surface area contributed by atoms with E-state index in [1.165, 1.54) is 36.4 Å². The lowest BCUT2D eigenvalue weighted by molar-refractivity contribution is -0.135. The average Bonchev–Trinajstić information content (AvgIpc) is 2.99. The van der Waals surface area contributed by atoms with Gasteiger partial charge in [-0.25, -0.2) is 9.87 Å². The molecule has 5 N–H and O–H groups in total. The number of rotatable bonds is 13. The first kappa shape index (κ1) is 31.4. The van der Waals surface area contributed by atoms with Crippen LogP contribution in [0.25, 0.3) is 11.6 Å². The maximum atomic E-state index is 13.7. The number of carbonyl (C=O) groups is 3. The van der Waals surface area contributed by atoms with E-state index in [9.17, 15) is 29.1 Å². The molecule has 10 heteroatoms. The Kier molecular flexibility index (Phi) is 11.9. The molecular weight excluding hydrogens is 545 g/mol. The molecule has 0 aliphatic carbocycles. The first-order valence-corrected chi connectivity index (χ1v) is 14.4. The summed E-state index contributed by atoms with van der Waals surface area (Å²) in [6, 6.07) is 17.1. The summed E-state index contributed by atoms with van der Waals surface area (Å²) in [5, 5.41) is 24.2. The number of halogens is 1. The normalized spacial score (nSPS) is 12.7. The molecule has 0 radical (unpaired) electrons. The number of carbonyl (C=O) groups excluding carboxylic acids is 3. The van der Waals surface area contributed by atoms with Gasteiger partial charge in [-0.15, -0.1) is 11.8 Å². The minimum Gasteiger partial charge on any atom is -0.508 e. The minimum atomic E-state index is -1.14. The van der Waals surface area contributed by atoms with Crippen molar-refractivity contribution in [2.45, 2.75) is 49.6 Å². The number of phenols is 1. The Hall–Kier alpha value is -4.15. The minimum absolute atomic E-state index is 0.0413. The molecular formula is C31H34FN3O5S. The summed E-state index contributed by atoms with van der Waals surface area (Å²) in [7, 11) is 0. The van der Waals surface area contributed by atoms with E-state index < -0.39 is 35.6 Å². The van der Waals surface area contributed by atoms with E-state index in [-0.39, 0.29) is 17.7 Å². The lowest BCUT2D eigenvalue weighted by Gasteiger charge is -2.23. The van der Waals surface area contributed by atoms with Crippen LogP contribution in [0.3, 0.4) is 0 Å². The molecule has 0 fully saturated rings. The fourth-order valence-electron chi connectivity index (χ4n) is 4.12. The van der Waals surface area contributed by atoms with Gasteiger partial charge in [-0.3, -0.25) is 19.6 Å². The van der Waals surface area contributed by atoms with E-state index in [4.69, 9.17) is 0 Å². The van der Waals surface area contributed by atoms with Crippen molar-refractivity contribution >= 4 is 41.1 Å². The van der Waals surface area contributed by atoms with Gasteiger partial charge in [-0.1, -0.05) is 56.2 Å². The number of hydrogen-bond acceptors (Lipinski definition) is 6. The van der Waals surface area contributed by atoms with Crippen molar-refractivity contribution in [2.75, 3.05) is 6.26 Å². The first-order chi connectivity index (χ1) is 19.7. The second-order valence-corrected chi connectivity index (χ2v) is 10.3. The van der Waals surface area contributed by atoms with Gasteiger partial charge < -0.3 is 15.7 Å². The molecule has 0 spiro atoms. The monoisotopic (exact) mass is 579 g/mol. The molecule has 3 aromatic rings. The smallest absolute Gasteiger partial charge is 0.266 e. The maximum absolute atomic E-state index is 13.7. The van der Waals surface area contributed by atoms with Crippen LogP contribution in [0.2, 0.25) is 0 Å². The summed E-state index contributed by atoms with van der Waals surface area (Å²) >= 11 is 1.59. The van der Waals surface area contributed by atoms with Gasteiger partial charge in [0.15, 0.2) is 0 Å². The molecule has 0 aliphatic heterocycles. The summed E-state index contributed by atoms with van der Waals surface area (Å²) in [5.74, 6) is -2.36. The standard InChI is InChI=1S/C31H34FN3O5S/c1-3-4-5-27(30(38)34-28(31(39)35-40)19-21-6-14-24(36)15-7-21)33-29(37)26(22-10-12-23(32)13-11-22)18-20-8-16-25(41-2)17-9-20/h6-18,27-28,36,40H,3-5,19H2,1-2H3,(H,33,37)(H,34,38)(H,35,39)/b26-18-. The van der Waals surface area contributed by atoms with Gasteiger partial charge in [0.2, 0.25) is 5.91 Å². The molecule has 0 saturated heterocycles. The van der Waals surface area contributed by atoms with Crippen LogP contribution in [-0.4, -0.2) is 46.4 Å². The molecule has 8 nitrogen and oxygen atoms in total. The van der Waals surface area contributed by atoms with Crippen molar-refractivity contribution in [3.8, 4) is 5.75 Å². The number of nitrogens with one attached hydrogen (secondary N) is 3. The van der Waals surface area contributed by atoms with Crippen LogP contribution in [0.15, 0.2) is 77.7 Å². The van der Waals surface area contributed by atoms with Crippen molar-refractivity contribution in [3.63, 3.8) is 0 Å². The molecule has 216 valence electrons. The van der Waals surface area contributed by atoms with E-state index in [2.05, 4.69) is 10.6 Å². The Bertz CT molecular complexity index is 1350. The number of unbranched alkanes of at least 4 members (excludes halogenated alkanes) is 1. The van der Waals surface area contributed by atoms with Crippen LogP contribution in [0.5, 0.6) is 5.75 Å². The largest absolute Gasteiger partial charge is 0.508 e. The average molecular weight is 580 g/mol. The molecule has 0 aromatic heterocycles. The Morgan fingerprint density at radius 3 is 2.15 bits per heavy atom. The molecule has 3 aromatic carbocycles. The van der Waals surface area contributed by atoms with Gasteiger partial charge in [-0.2, -0.15) is 0 Å². The fraction of sp³-hybridized carbons (Fsp3) is 0.258. The van der Waals surface area contributed by atoms with Crippen molar-refractivity contribution in [1.29, 1.82) is 0 Å². The van der Waals surface area contributed by atoms with E-state index in [0.717, 1.165) is 16.9 Å². The Balaban J connectivity index is 1.87. The van der Waals surface area contributed by atoms with Crippen LogP contribution < -0.4 is 16.1 Å². The summed E-state index contributed by atoms with van der Waals surface area (Å²) in [5.41, 5.74) is 3.67. The third-order valence-electron chi connectivity index (χ3n) is 6.41. The van der Waals surface area contributed by atoms with Gasteiger partial charge in [-0.05, 0) is 71.8 Å². The number of amides is 3. The molecule has 0 aliphatic rings. The van der Waals surface area contributed by atoms with Gasteiger partial charge in [0.1, 0.15) is 23.7 Å². The van der Waals surface area contributed by atoms with E-state index >= 15 is 0 Å². The molecule has 3 rings (SSSR count). The van der Waals surface area contributed by atoms with Crippen molar-refractivity contribution in [3.05, 3.63) is 95.3 Å². The molecule has 41 heavy (non-hydrogen) atoms. The number of aromatic hydroxyl groups is 1. The quantitative estimate of drug-likeness (QED) is 0.0657. The molecule has 0 heterocycles. The zero-order valence-electron chi connectivity index (χ0n) is 22.9. The molecule has 2 unspecified atom stereocenters. The predicted molar refractivity (Wildman–Crippen MR) is 158 cm³/mol. The predicted octanol–water partition coefficient (Wildman–Crippen LogP) is 4.70. The third kappa shape index (κ3) is 9.47. The number of benzene rings is 3. The zero-order chi connectivity index (χ0) is 29.8. The fourth-order valence-corrected chi connectivity index (χ4v) is 4.52. The van der Waals surface area contributed by atoms with Crippen molar-refractivity contribution in [1.82, 2.24) is 16.1 Å². The topological polar surface area (TPSA) is 128 Å². The van der Waals surface area contributed by atoms with Crippen LogP contribution in [0.4, 0.5) is 4.39 Å². The number of thioether (sulfide) groups is 1. The highest BCUT2D eigenvalue weighted by atomic mass is 32.2. The van der Waals surface area contributed by atoms with Gasteiger partial charge in [0.25, 0.3) is 11.8 Å². The van der Waals surface area contributed by atoms with Crippen LogP contribution >= 0.6 is 11.8 Å². The summed E-state index contributed by atoms with van der Waals surface area (Å²) in [6.07, 6.45) is 5.37. The highest BCUT2D eigenvalue weighted by molar-refractivity contribution is 7.98.